The first-order valence-corrected chi connectivity index (χ1v) is 7.25. The van der Waals surface area contributed by atoms with Crippen LogP contribution in [0.4, 0.5) is 0 Å². The number of hydrogen-bond donors (Lipinski definition) is 2. The van der Waals surface area contributed by atoms with E-state index >= 15 is 0 Å². The minimum Gasteiger partial charge on any atom is -0.348 e. The zero-order valence-electron chi connectivity index (χ0n) is 11.4. The van der Waals surface area contributed by atoms with Crippen LogP contribution in [-0.4, -0.2) is 24.0 Å². The lowest BCUT2D eigenvalue weighted by atomic mass is 9.97. The summed E-state index contributed by atoms with van der Waals surface area (Å²) >= 11 is 1.67. The van der Waals surface area contributed by atoms with Crippen LogP contribution in [0.5, 0.6) is 0 Å². The van der Waals surface area contributed by atoms with Gasteiger partial charge in [-0.1, -0.05) is 6.92 Å². The topological polar surface area (TPSA) is 54.0 Å². The largest absolute Gasteiger partial charge is 0.348 e. The smallest absolute Gasteiger partial charge is 0.225 e. The van der Waals surface area contributed by atoms with Gasteiger partial charge >= 0.3 is 0 Å². The summed E-state index contributed by atoms with van der Waals surface area (Å²) in [6.45, 7) is 9.88. The molecule has 2 rings (SSSR count). The molecular weight excluding hydrogens is 246 g/mol. The van der Waals surface area contributed by atoms with Crippen molar-refractivity contribution >= 4 is 17.2 Å². The van der Waals surface area contributed by atoms with Crippen LogP contribution in [0.3, 0.4) is 0 Å². The Hall–Kier alpha value is -0.940. The molecule has 100 valence electrons. The maximum absolute atomic E-state index is 12.2. The first kappa shape index (κ1) is 13.5. The number of amides is 1. The molecule has 1 fully saturated rings. The quantitative estimate of drug-likeness (QED) is 0.878. The fourth-order valence-electron chi connectivity index (χ4n) is 2.50. The maximum Gasteiger partial charge on any atom is 0.225 e. The Morgan fingerprint density at radius 1 is 1.50 bits per heavy atom. The Labute approximate surface area is 112 Å². The third kappa shape index (κ3) is 2.72. The number of carbonyl (C=O) groups is 1. The second-order valence-electron chi connectivity index (χ2n) is 5.15. The Balaban J connectivity index is 2.01. The predicted octanol–water partition coefficient (Wildman–Crippen LogP) is 1.79. The molecule has 4 nitrogen and oxygen atoms in total. The number of aromatic nitrogens is 1. The summed E-state index contributed by atoms with van der Waals surface area (Å²) in [5.74, 6) is 0.675. The molecule has 1 aliphatic heterocycles. The molecule has 1 aromatic heterocycles. The van der Waals surface area contributed by atoms with Crippen molar-refractivity contribution in [3.05, 3.63) is 15.6 Å². The van der Waals surface area contributed by atoms with E-state index in [0.29, 0.717) is 5.92 Å². The lowest BCUT2D eigenvalue weighted by Crippen LogP contribution is -2.35. The SMILES string of the molecule is Cc1nc(C)c(C(C)NC(=O)[C@@H]2CNC[C@H]2C)s1. The van der Waals surface area contributed by atoms with Crippen molar-refractivity contribution < 1.29 is 4.79 Å². The molecule has 0 aliphatic carbocycles. The highest BCUT2D eigenvalue weighted by atomic mass is 32.1. The zero-order valence-corrected chi connectivity index (χ0v) is 12.2. The lowest BCUT2D eigenvalue weighted by molar-refractivity contribution is -0.126. The fourth-order valence-corrected chi connectivity index (χ4v) is 3.43. The molecule has 18 heavy (non-hydrogen) atoms. The van der Waals surface area contributed by atoms with Gasteiger partial charge in [-0.2, -0.15) is 0 Å². The monoisotopic (exact) mass is 267 g/mol. The highest BCUT2D eigenvalue weighted by Gasteiger charge is 2.30. The molecule has 1 aromatic rings. The predicted molar refractivity (Wildman–Crippen MR) is 73.7 cm³/mol. The van der Waals surface area contributed by atoms with Crippen LogP contribution in [-0.2, 0) is 4.79 Å². The molecule has 1 saturated heterocycles. The number of rotatable bonds is 3. The number of carbonyl (C=O) groups excluding carboxylic acids is 1. The van der Waals surface area contributed by atoms with Crippen molar-refractivity contribution in [2.75, 3.05) is 13.1 Å². The van der Waals surface area contributed by atoms with E-state index in [0.717, 1.165) is 23.8 Å². The van der Waals surface area contributed by atoms with Crippen molar-refractivity contribution in [1.82, 2.24) is 15.6 Å². The molecule has 0 saturated carbocycles. The summed E-state index contributed by atoms with van der Waals surface area (Å²) in [5, 5.41) is 7.43. The summed E-state index contributed by atoms with van der Waals surface area (Å²) < 4.78 is 0. The van der Waals surface area contributed by atoms with Crippen LogP contribution >= 0.6 is 11.3 Å². The average molecular weight is 267 g/mol. The van der Waals surface area contributed by atoms with Crippen molar-refractivity contribution in [3.8, 4) is 0 Å². The molecule has 0 aromatic carbocycles. The minimum absolute atomic E-state index is 0.0523. The van der Waals surface area contributed by atoms with Crippen LogP contribution in [0, 0.1) is 25.7 Å². The molecule has 0 radical (unpaired) electrons. The van der Waals surface area contributed by atoms with Crippen molar-refractivity contribution in [2.45, 2.75) is 33.7 Å². The van der Waals surface area contributed by atoms with E-state index in [1.807, 2.05) is 20.8 Å². The molecule has 1 aliphatic rings. The van der Waals surface area contributed by atoms with Crippen LogP contribution in [0.2, 0.25) is 0 Å². The summed E-state index contributed by atoms with van der Waals surface area (Å²) in [4.78, 5) is 17.8. The van der Waals surface area contributed by atoms with Gasteiger partial charge in [0.15, 0.2) is 0 Å². The highest BCUT2D eigenvalue weighted by Crippen LogP contribution is 2.25. The molecule has 5 heteroatoms. The van der Waals surface area contributed by atoms with Gasteiger partial charge in [0.25, 0.3) is 0 Å². The van der Waals surface area contributed by atoms with Crippen molar-refractivity contribution in [3.63, 3.8) is 0 Å². The van der Waals surface area contributed by atoms with Crippen LogP contribution in [0.15, 0.2) is 0 Å². The molecule has 1 unspecified atom stereocenters. The van der Waals surface area contributed by atoms with Gasteiger partial charge in [0.2, 0.25) is 5.91 Å². The number of aryl methyl sites for hydroxylation is 2. The van der Waals surface area contributed by atoms with Gasteiger partial charge in [-0.15, -0.1) is 11.3 Å². The minimum atomic E-state index is 0.0523. The van der Waals surface area contributed by atoms with Crippen LogP contribution in [0.1, 0.15) is 35.5 Å². The van der Waals surface area contributed by atoms with E-state index in [1.54, 1.807) is 11.3 Å². The van der Waals surface area contributed by atoms with Crippen LogP contribution in [0.25, 0.3) is 0 Å². The van der Waals surface area contributed by atoms with E-state index in [9.17, 15) is 4.79 Å². The first-order chi connectivity index (χ1) is 8.49. The van der Waals surface area contributed by atoms with Crippen molar-refractivity contribution in [2.24, 2.45) is 11.8 Å². The fraction of sp³-hybridized carbons (Fsp3) is 0.692. The number of thiazole rings is 1. The Bertz CT molecular complexity index is 443. The number of hydrogen-bond acceptors (Lipinski definition) is 4. The summed E-state index contributed by atoms with van der Waals surface area (Å²) in [6.07, 6.45) is 0. The van der Waals surface area contributed by atoms with Gasteiger partial charge in [-0.3, -0.25) is 4.79 Å². The molecule has 1 amide bonds. The average Bonchev–Trinajstić information content (AvgIpc) is 2.84. The van der Waals surface area contributed by atoms with Gasteiger partial charge in [0.1, 0.15) is 0 Å². The molecule has 0 spiro atoms. The van der Waals surface area contributed by atoms with Gasteiger partial charge < -0.3 is 10.6 Å². The molecular formula is C13H21N3OS. The maximum atomic E-state index is 12.2. The highest BCUT2D eigenvalue weighted by molar-refractivity contribution is 7.11. The Morgan fingerprint density at radius 3 is 2.72 bits per heavy atom. The van der Waals surface area contributed by atoms with Gasteiger partial charge in [-0.25, -0.2) is 4.98 Å². The zero-order chi connectivity index (χ0) is 13.3. The second kappa shape index (κ2) is 5.36. The van der Waals surface area contributed by atoms with E-state index in [2.05, 4.69) is 22.5 Å². The first-order valence-electron chi connectivity index (χ1n) is 6.44. The standard InChI is InChI=1S/C13H21N3OS/c1-7-5-14-6-11(7)13(17)16-9(3)12-8(2)15-10(4)18-12/h7,9,11,14H,5-6H2,1-4H3,(H,16,17)/t7-,9?,11-/m1/s1. The Morgan fingerprint density at radius 2 is 2.22 bits per heavy atom. The third-order valence-corrected chi connectivity index (χ3v) is 4.80. The van der Waals surface area contributed by atoms with Gasteiger partial charge in [0, 0.05) is 11.4 Å². The summed E-state index contributed by atoms with van der Waals surface area (Å²) in [5.41, 5.74) is 1.03. The summed E-state index contributed by atoms with van der Waals surface area (Å²) in [7, 11) is 0. The third-order valence-electron chi connectivity index (χ3n) is 3.55. The number of nitrogens with zero attached hydrogens (tertiary/aromatic N) is 1. The normalized spacial score (nSPS) is 25.1. The molecule has 2 N–H and O–H groups in total. The van der Waals surface area contributed by atoms with Gasteiger partial charge in [-0.05, 0) is 33.2 Å². The summed E-state index contributed by atoms with van der Waals surface area (Å²) in [6, 6.07) is 0.0523. The molecule has 3 atom stereocenters. The van der Waals surface area contributed by atoms with E-state index < -0.39 is 0 Å². The molecule has 2 heterocycles. The Kier molecular flexibility index (Phi) is 4.02. The molecule has 0 bridgehead atoms. The van der Waals surface area contributed by atoms with Crippen LogP contribution < -0.4 is 10.6 Å². The lowest BCUT2D eigenvalue weighted by Gasteiger charge is -2.18. The van der Waals surface area contributed by atoms with Crippen molar-refractivity contribution in [1.29, 1.82) is 0 Å². The van der Waals surface area contributed by atoms with Gasteiger partial charge in [0.05, 0.1) is 22.7 Å². The van der Waals surface area contributed by atoms with E-state index in [1.165, 1.54) is 4.88 Å². The second-order valence-corrected chi connectivity index (χ2v) is 6.39. The van der Waals surface area contributed by atoms with E-state index in [-0.39, 0.29) is 17.9 Å². The van der Waals surface area contributed by atoms with E-state index in [4.69, 9.17) is 0 Å². The number of nitrogens with one attached hydrogen (secondary N) is 2.